The molecule has 100 valence electrons. The highest BCUT2D eigenvalue weighted by Crippen LogP contribution is 2.34. The van der Waals surface area contributed by atoms with Gasteiger partial charge in [0, 0.05) is 30.4 Å². The van der Waals surface area contributed by atoms with Crippen LogP contribution in [0.3, 0.4) is 0 Å². The third-order valence-electron chi connectivity index (χ3n) is 4.17. The quantitative estimate of drug-likeness (QED) is 0.806. The van der Waals surface area contributed by atoms with Crippen LogP contribution in [-0.4, -0.2) is 56.5 Å². The molecule has 2 saturated heterocycles. The van der Waals surface area contributed by atoms with Crippen molar-refractivity contribution in [3.8, 4) is 0 Å². The second-order valence-electron chi connectivity index (χ2n) is 5.88. The van der Waals surface area contributed by atoms with Gasteiger partial charge < -0.3 is 10.2 Å². The van der Waals surface area contributed by atoms with Crippen LogP contribution in [0, 0.1) is 0 Å². The molecule has 2 aliphatic rings. The summed E-state index contributed by atoms with van der Waals surface area (Å²) in [7, 11) is -0.649. The van der Waals surface area contributed by atoms with Gasteiger partial charge in [-0.2, -0.15) is 0 Å². The number of piperidine rings is 1. The third-order valence-corrected chi connectivity index (χ3v) is 5.28. The molecule has 0 aromatic heterocycles. The van der Waals surface area contributed by atoms with Crippen LogP contribution in [0.25, 0.3) is 0 Å². The molecule has 2 heterocycles. The van der Waals surface area contributed by atoms with Crippen LogP contribution < -0.4 is 5.32 Å². The predicted molar refractivity (Wildman–Crippen MR) is 69.9 cm³/mol. The zero-order chi connectivity index (χ0) is 12.6. The van der Waals surface area contributed by atoms with Gasteiger partial charge >= 0.3 is 0 Å². The molecule has 5 heteroatoms. The SMILES string of the molecule is CC(CS(C)(=O)=O)NC1CC2CCC(C1)N2C. The first-order valence-electron chi connectivity index (χ1n) is 6.51. The second-order valence-corrected chi connectivity index (χ2v) is 8.06. The van der Waals surface area contributed by atoms with Crippen LogP contribution in [0.1, 0.15) is 32.6 Å². The van der Waals surface area contributed by atoms with Gasteiger partial charge in [0.25, 0.3) is 0 Å². The van der Waals surface area contributed by atoms with Gasteiger partial charge in [-0.05, 0) is 39.7 Å². The van der Waals surface area contributed by atoms with E-state index in [0.29, 0.717) is 18.1 Å². The highest BCUT2D eigenvalue weighted by Gasteiger charge is 2.38. The summed E-state index contributed by atoms with van der Waals surface area (Å²) >= 11 is 0. The molecular weight excluding hydrogens is 236 g/mol. The number of hydrogen-bond acceptors (Lipinski definition) is 4. The van der Waals surface area contributed by atoms with Crippen molar-refractivity contribution in [3.63, 3.8) is 0 Å². The Bertz CT molecular complexity index is 355. The van der Waals surface area contributed by atoms with Gasteiger partial charge in [0.15, 0.2) is 0 Å². The van der Waals surface area contributed by atoms with Crippen molar-refractivity contribution < 1.29 is 8.42 Å². The van der Waals surface area contributed by atoms with Crippen LogP contribution in [0.5, 0.6) is 0 Å². The molecule has 0 spiro atoms. The van der Waals surface area contributed by atoms with Crippen LogP contribution in [0.4, 0.5) is 0 Å². The summed E-state index contributed by atoms with van der Waals surface area (Å²) in [6.45, 7) is 1.97. The third kappa shape index (κ3) is 3.42. The normalized spacial score (nSPS) is 36.1. The molecular formula is C12H24N2O2S. The lowest BCUT2D eigenvalue weighted by atomic mass is 9.97. The lowest BCUT2D eigenvalue weighted by molar-refractivity contribution is 0.145. The first-order valence-corrected chi connectivity index (χ1v) is 8.57. The van der Waals surface area contributed by atoms with E-state index in [2.05, 4.69) is 17.3 Å². The van der Waals surface area contributed by atoms with Crippen molar-refractivity contribution in [2.24, 2.45) is 0 Å². The minimum Gasteiger partial charge on any atom is -0.310 e. The van der Waals surface area contributed by atoms with Gasteiger partial charge in [0.2, 0.25) is 0 Å². The van der Waals surface area contributed by atoms with Crippen LogP contribution in [-0.2, 0) is 9.84 Å². The number of hydrogen-bond donors (Lipinski definition) is 1. The van der Waals surface area contributed by atoms with Crippen molar-refractivity contribution in [1.82, 2.24) is 10.2 Å². The summed E-state index contributed by atoms with van der Waals surface area (Å²) in [5.41, 5.74) is 0. The summed E-state index contributed by atoms with van der Waals surface area (Å²) in [6.07, 6.45) is 6.26. The first-order chi connectivity index (χ1) is 7.85. The standard InChI is InChI=1S/C12H24N2O2S/c1-9(8-17(3,15)16)13-10-6-11-4-5-12(7-10)14(11)2/h9-13H,4-8H2,1-3H3. The van der Waals surface area contributed by atoms with Crippen molar-refractivity contribution >= 4 is 9.84 Å². The number of rotatable bonds is 4. The van der Waals surface area contributed by atoms with Crippen LogP contribution >= 0.6 is 0 Å². The summed E-state index contributed by atoms with van der Waals surface area (Å²) in [5.74, 6) is 0.245. The fourth-order valence-corrected chi connectivity index (χ4v) is 4.46. The molecule has 0 aliphatic carbocycles. The number of nitrogens with zero attached hydrogens (tertiary/aromatic N) is 1. The Kier molecular flexibility index (Phi) is 3.80. The largest absolute Gasteiger partial charge is 0.310 e. The van der Waals surface area contributed by atoms with Gasteiger partial charge in [-0.15, -0.1) is 0 Å². The van der Waals surface area contributed by atoms with E-state index in [9.17, 15) is 8.42 Å². The summed E-state index contributed by atoms with van der Waals surface area (Å²) in [4.78, 5) is 2.50. The maximum absolute atomic E-state index is 11.2. The minimum atomic E-state index is -2.87. The van der Waals surface area contributed by atoms with Crippen molar-refractivity contribution in [3.05, 3.63) is 0 Å². The fourth-order valence-electron chi connectivity index (χ4n) is 3.45. The lowest BCUT2D eigenvalue weighted by Gasteiger charge is -2.37. The van der Waals surface area contributed by atoms with E-state index in [1.165, 1.54) is 31.9 Å². The Labute approximate surface area is 105 Å². The molecule has 4 nitrogen and oxygen atoms in total. The maximum Gasteiger partial charge on any atom is 0.148 e. The maximum atomic E-state index is 11.2. The van der Waals surface area contributed by atoms with Gasteiger partial charge in [-0.1, -0.05) is 0 Å². The Hall–Kier alpha value is -0.130. The zero-order valence-electron chi connectivity index (χ0n) is 11.0. The number of sulfone groups is 1. The summed E-state index contributed by atoms with van der Waals surface area (Å²) in [5, 5.41) is 3.49. The van der Waals surface area contributed by atoms with Gasteiger partial charge in [-0.3, -0.25) is 0 Å². The molecule has 1 N–H and O–H groups in total. The zero-order valence-corrected chi connectivity index (χ0v) is 11.8. The van der Waals surface area contributed by atoms with E-state index in [1.54, 1.807) is 0 Å². The predicted octanol–water partition coefficient (Wildman–Crippen LogP) is 0.634. The van der Waals surface area contributed by atoms with Crippen molar-refractivity contribution in [1.29, 1.82) is 0 Å². The van der Waals surface area contributed by atoms with E-state index >= 15 is 0 Å². The highest BCUT2D eigenvalue weighted by molar-refractivity contribution is 7.90. The molecule has 2 rings (SSSR count). The van der Waals surface area contributed by atoms with E-state index in [-0.39, 0.29) is 11.8 Å². The lowest BCUT2D eigenvalue weighted by Crippen LogP contribution is -2.50. The Morgan fingerprint density at radius 3 is 2.29 bits per heavy atom. The van der Waals surface area contributed by atoms with E-state index in [1.807, 2.05) is 6.92 Å². The topological polar surface area (TPSA) is 49.4 Å². The molecule has 0 aromatic carbocycles. The van der Waals surface area contributed by atoms with Gasteiger partial charge in [0.1, 0.15) is 9.84 Å². The minimum absolute atomic E-state index is 0.0674. The Morgan fingerprint density at radius 1 is 1.29 bits per heavy atom. The summed E-state index contributed by atoms with van der Waals surface area (Å²) in [6, 6.07) is 1.98. The second kappa shape index (κ2) is 4.86. The van der Waals surface area contributed by atoms with Gasteiger partial charge in [-0.25, -0.2) is 8.42 Å². The first kappa shape index (κ1) is 13.3. The van der Waals surface area contributed by atoms with E-state index < -0.39 is 9.84 Å². The van der Waals surface area contributed by atoms with E-state index in [0.717, 1.165) is 0 Å². The Morgan fingerprint density at radius 2 is 1.82 bits per heavy atom. The molecule has 0 saturated carbocycles. The fraction of sp³-hybridized carbons (Fsp3) is 1.00. The monoisotopic (exact) mass is 260 g/mol. The van der Waals surface area contributed by atoms with Crippen LogP contribution in [0.2, 0.25) is 0 Å². The van der Waals surface area contributed by atoms with Gasteiger partial charge in [0.05, 0.1) is 5.75 Å². The molecule has 2 aliphatic heterocycles. The van der Waals surface area contributed by atoms with E-state index in [4.69, 9.17) is 0 Å². The molecule has 0 amide bonds. The molecule has 17 heavy (non-hydrogen) atoms. The molecule has 3 unspecified atom stereocenters. The molecule has 0 radical (unpaired) electrons. The smallest absolute Gasteiger partial charge is 0.148 e. The Balaban J connectivity index is 1.85. The highest BCUT2D eigenvalue weighted by atomic mass is 32.2. The van der Waals surface area contributed by atoms with Crippen molar-refractivity contribution in [2.75, 3.05) is 19.1 Å². The molecule has 0 aromatic rings. The summed E-state index contributed by atoms with van der Waals surface area (Å²) < 4.78 is 22.5. The average molecular weight is 260 g/mol. The molecule has 3 atom stereocenters. The molecule has 2 bridgehead atoms. The average Bonchev–Trinajstić information content (AvgIpc) is 2.42. The van der Waals surface area contributed by atoms with Crippen molar-refractivity contribution in [2.45, 2.75) is 56.8 Å². The van der Waals surface area contributed by atoms with Crippen LogP contribution in [0.15, 0.2) is 0 Å². The number of nitrogens with one attached hydrogen (secondary N) is 1. The number of fused-ring (bicyclic) bond motifs is 2. The molecule has 2 fully saturated rings.